The summed E-state index contributed by atoms with van der Waals surface area (Å²) in [6.45, 7) is 4.28. The summed E-state index contributed by atoms with van der Waals surface area (Å²) < 4.78 is 5.64. The second-order valence-electron chi connectivity index (χ2n) is 4.80. The molecule has 0 aliphatic carbocycles. The topological polar surface area (TPSA) is 68.0 Å². The van der Waals surface area contributed by atoms with Gasteiger partial charge in [-0.3, -0.25) is 4.79 Å². The fraction of sp³-hybridized carbons (Fsp3) is 0.267. The van der Waals surface area contributed by atoms with E-state index in [0.29, 0.717) is 23.9 Å². The maximum atomic E-state index is 12.0. The van der Waals surface area contributed by atoms with Crippen LogP contribution in [0.4, 0.5) is 0 Å². The van der Waals surface area contributed by atoms with Crippen LogP contribution in [0.1, 0.15) is 21.3 Å². The predicted molar refractivity (Wildman–Crippen MR) is 87.0 cm³/mol. The van der Waals surface area contributed by atoms with Crippen molar-refractivity contribution in [2.45, 2.75) is 26.8 Å². The van der Waals surface area contributed by atoms with Gasteiger partial charge in [-0.1, -0.05) is 6.07 Å². The number of amides is 1. The van der Waals surface area contributed by atoms with E-state index in [1.165, 1.54) is 0 Å². The van der Waals surface area contributed by atoms with Crippen LogP contribution in [0.15, 0.2) is 28.1 Å². The van der Waals surface area contributed by atoms with Gasteiger partial charge in [-0.15, -0.1) is 22.7 Å². The molecule has 0 spiro atoms. The number of hydrogen-bond acceptors (Lipinski definition) is 6. The van der Waals surface area contributed by atoms with Crippen molar-refractivity contribution < 1.29 is 9.21 Å². The van der Waals surface area contributed by atoms with E-state index in [-0.39, 0.29) is 12.3 Å². The highest BCUT2D eigenvalue weighted by molar-refractivity contribution is 7.13. The Bertz CT molecular complexity index is 775. The number of thiazole rings is 1. The first-order valence-corrected chi connectivity index (χ1v) is 8.49. The summed E-state index contributed by atoms with van der Waals surface area (Å²) in [7, 11) is 0. The van der Waals surface area contributed by atoms with E-state index in [0.717, 1.165) is 14.8 Å². The molecule has 5 nitrogen and oxygen atoms in total. The molecule has 0 aliphatic rings. The molecule has 22 heavy (non-hydrogen) atoms. The highest BCUT2D eigenvalue weighted by Crippen LogP contribution is 2.26. The van der Waals surface area contributed by atoms with E-state index >= 15 is 0 Å². The van der Waals surface area contributed by atoms with Crippen LogP contribution in [0, 0.1) is 13.8 Å². The molecule has 1 N–H and O–H groups in total. The molecule has 3 aromatic heterocycles. The first-order chi connectivity index (χ1) is 10.6. The summed E-state index contributed by atoms with van der Waals surface area (Å²) in [5.41, 5.74) is 0.682. The number of aryl methyl sites for hydroxylation is 2. The minimum absolute atomic E-state index is 0.0693. The highest BCUT2D eigenvalue weighted by Gasteiger charge is 2.15. The number of nitrogens with one attached hydrogen (secondary N) is 1. The summed E-state index contributed by atoms with van der Waals surface area (Å²) >= 11 is 3.15. The number of rotatable bonds is 5. The van der Waals surface area contributed by atoms with Crippen molar-refractivity contribution in [2.24, 2.45) is 0 Å². The van der Waals surface area contributed by atoms with Gasteiger partial charge in [0.25, 0.3) is 0 Å². The number of carbonyl (C=O) groups is 1. The van der Waals surface area contributed by atoms with Gasteiger partial charge in [0.15, 0.2) is 0 Å². The van der Waals surface area contributed by atoms with Crippen molar-refractivity contribution >= 4 is 28.6 Å². The first-order valence-electron chi connectivity index (χ1n) is 6.80. The van der Waals surface area contributed by atoms with Crippen LogP contribution in [0.25, 0.3) is 10.8 Å². The minimum atomic E-state index is -0.0693. The largest absolute Gasteiger partial charge is 0.440 e. The Morgan fingerprint density at radius 3 is 2.95 bits per heavy atom. The first kappa shape index (κ1) is 14.9. The quantitative estimate of drug-likeness (QED) is 0.777. The van der Waals surface area contributed by atoms with E-state index in [9.17, 15) is 4.79 Å². The van der Waals surface area contributed by atoms with Gasteiger partial charge in [0.05, 0.1) is 28.5 Å². The molecule has 0 bridgehead atoms. The molecule has 3 rings (SSSR count). The lowest BCUT2D eigenvalue weighted by molar-refractivity contribution is -0.120. The Morgan fingerprint density at radius 2 is 2.27 bits per heavy atom. The molecular formula is C15H15N3O2S2. The molecule has 114 valence electrons. The summed E-state index contributed by atoms with van der Waals surface area (Å²) in [6.07, 6.45) is 2.01. The molecule has 0 saturated carbocycles. The molecular weight excluding hydrogens is 318 g/mol. The molecule has 0 radical (unpaired) electrons. The number of aromatic nitrogens is 2. The number of oxazole rings is 1. The number of nitrogens with zero attached hydrogens (tertiary/aromatic N) is 2. The summed E-state index contributed by atoms with van der Waals surface area (Å²) in [5, 5.41) is 5.85. The van der Waals surface area contributed by atoms with E-state index in [4.69, 9.17) is 4.42 Å². The number of hydrogen-bond donors (Lipinski definition) is 1. The molecule has 3 aromatic rings. The Kier molecular flexibility index (Phi) is 4.35. The van der Waals surface area contributed by atoms with Crippen LogP contribution in [0.5, 0.6) is 0 Å². The van der Waals surface area contributed by atoms with Crippen LogP contribution in [0.3, 0.4) is 0 Å². The molecule has 3 heterocycles. The summed E-state index contributed by atoms with van der Waals surface area (Å²) in [6, 6.07) is 3.90. The van der Waals surface area contributed by atoms with Gasteiger partial charge in [0.1, 0.15) is 5.76 Å². The number of carbonyl (C=O) groups excluding carboxylic acids is 1. The van der Waals surface area contributed by atoms with Crippen LogP contribution >= 0.6 is 22.7 Å². The fourth-order valence-electron chi connectivity index (χ4n) is 1.99. The van der Waals surface area contributed by atoms with Crippen molar-refractivity contribution in [1.29, 1.82) is 0 Å². The van der Waals surface area contributed by atoms with Gasteiger partial charge in [0.2, 0.25) is 11.8 Å². The van der Waals surface area contributed by atoms with Crippen LogP contribution in [-0.4, -0.2) is 15.9 Å². The van der Waals surface area contributed by atoms with Crippen molar-refractivity contribution in [3.63, 3.8) is 0 Å². The molecule has 0 unspecified atom stereocenters. The van der Waals surface area contributed by atoms with Crippen molar-refractivity contribution in [3.8, 4) is 10.8 Å². The Hall–Kier alpha value is -1.99. The van der Waals surface area contributed by atoms with E-state index < -0.39 is 0 Å². The minimum Gasteiger partial charge on any atom is -0.440 e. The average molecular weight is 333 g/mol. The Morgan fingerprint density at radius 1 is 1.41 bits per heavy atom. The van der Waals surface area contributed by atoms with Crippen LogP contribution in [-0.2, 0) is 17.8 Å². The van der Waals surface area contributed by atoms with Gasteiger partial charge in [-0.05, 0) is 25.3 Å². The van der Waals surface area contributed by atoms with Gasteiger partial charge in [-0.2, -0.15) is 0 Å². The van der Waals surface area contributed by atoms with Crippen molar-refractivity contribution in [2.75, 3.05) is 0 Å². The van der Waals surface area contributed by atoms with Gasteiger partial charge in [0, 0.05) is 11.1 Å². The Balaban J connectivity index is 1.61. The monoisotopic (exact) mass is 333 g/mol. The lowest BCUT2D eigenvalue weighted by Crippen LogP contribution is -2.24. The standard InChI is InChI=1S/C15H15N3O2S2/c1-9-12(18-15(20-9)13-4-3-5-21-13)6-14(19)17-8-11-7-16-10(2)22-11/h3-5,7H,6,8H2,1-2H3,(H,17,19). The second kappa shape index (κ2) is 6.41. The molecule has 0 saturated heterocycles. The lowest BCUT2D eigenvalue weighted by Gasteiger charge is -2.01. The van der Waals surface area contributed by atoms with E-state index in [1.807, 2.05) is 31.4 Å². The molecule has 0 atom stereocenters. The average Bonchev–Trinajstić information content (AvgIpc) is 3.19. The van der Waals surface area contributed by atoms with Gasteiger partial charge in [-0.25, -0.2) is 9.97 Å². The van der Waals surface area contributed by atoms with Crippen molar-refractivity contribution in [1.82, 2.24) is 15.3 Å². The third-order valence-electron chi connectivity index (χ3n) is 3.08. The lowest BCUT2D eigenvalue weighted by atomic mass is 10.2. The SMILES string of the molecule is Cc1ncc(CNC(=O)Cc2nc(-c3cccs3)oc2C)s1. The molecule has 1 amide bonds. The second-order valence-corrected chi connectivity index (χ2v) is 7.07. The van der Waals surface area contributed by atoms with Crippen LogP contribution in [0.2, 0.25) is 0 Å². The Labute approximate surface area is 136 Å². The third-order valence-corrected chi connectivity index (χ3v) is 4.85. The molecule has 0 aliphatic heterocycles. The number of thiophene rings is 1. The van der Waals surface area contributed by atoms with Gasteiger partial charge >= 0.3 is 0 Å². The predicted octanol–water partition coefficient (Wildman–Crippen LogP) is 3.34. The third kappa shape index (κ3) is 3.42. The maximum Gasteiger partial charge on any atom is 0.236 e. The highest BCUT2D eigenvalue weighted by atomic mass is 32.1. The summed E-state index contributed by atoms with van der Waals surface area (Å²) in [4.78, 5) is 22.6. The normalized spacial score (nSPS) is 10.8. The fourth-order valence-corrected chi connectivity index (χ4v) is 3.37. The smallest absolute Gasteiger partial charge is 0.236 e. The zero-order valence-electron chi connectivity index (χ0n) is 12.3. The zero-order valence-corrected chi connectivity index (χ0v) is 13.9. The zero-order chi connectivity index (χ0) is 15.5. The van der Waals surface area contributed by atoms with E-state index in [1.54, 1.807) is 28.9 Å². The maximum absolute atomic E-state index is 12.0. The summed E-state index contributed by atoms with van der Waals surface area (Å²) in [5.74, 6) is 1.20. The van der Waals surface area contributed by atoms with Crippen LogP contribution < -0.4 is 5.32 Å². The van der Waals surface area contributed by atoms with Crippen molar-refractivity contribution in [3.05, 3.63) is 45.0 Å². The molecule has 7 heteroatoms. The van der Waals surface area contributed by atoms with E-state index in [2.05, 4.69) is 15.3 Å². The molecule has 0 fully saturated rings. The van der Waals surface area contributed by atoms with Gasteiger partial charge < -0.3 is 9.73 Å². The molecule has 0 aromatic carbocycles.